The van der Waals surface area contributed by atoms with Crippen molar-refractivity contribution in [1.82, 2.24) is 0 Å². The predicted molar refractivity (Wildman–Crippen MR) is 147 cm³/mol. The average molecular weight is 514 g/mol. The number of nitrogens with zero attached hydrogens (tertiary/aromatic N) is 1. The van der Waals surface area contributed by atoms with Crippen LogP contribution in [0.25, 0.3) is 0 Å². The van der Waals surface area contributed by atoms with Crippen LogP contribution in [0.3, 0.4) is 0 Å². The zero-order valence-electron chi connectivity index (χ0n) is 22.5. The fourth-order valence-corrected chi connectivity index (χ4v) is 6.57. The van der Waals surface area contributed by atoms with Crippen LogP contribution in [0.15, 0.2) is 18.3 Å². The summed E-state index contributed by atoms with van der Waals surface area (Å²) in [4.78, 5) is 15.9. The van der Waals surface area contributed by atoms with E-state index in [9.17, 15) is 9.90 Å². The molecule has 2 heterocycles. The summed E-state index contributed by atoms with van der Waals surface area (Å²) in [5.74, 6) is 6.79. The Morgan fingerprint density at radius 2 is 1.81 bits per heavy atom. The lowest BCUT2D eigenvalue weighted by atomic mass is 9.80. The monoisotopic (exact) mass is 513 g/mol. The normalized spacial score (nSPS) is 28.8. The van der Waals surface area contributed by atoms with Gasteiger partial charge in [-0.25, -0.2) is 4.79 Å². The molecule has 1 aromatic rings. The molecule has 3 aliphatic rings. The Kier molecular flexibility index (Phi) is 8.86. The van der Waals surface area contributed by atoms with Gasteiger partial charge in [0.15, 0.2) is 0 Å². The Balaban J connectivity index is 1.60. The number of allylic oxidation sites excluding steroid dienone is 1. The molecule has 4 rings (SSSR count). The molecular weight excluding hydrogens is 470 g/mol. The predicted octanol–water partition coefficient (Wildman–Crippen LogP) is 7.11. The molecule has 198 valence electrons. The lowest BCUT2D eigenvalue weighted by molar-refractivity contribution is -0.0341. The molecule has 0 spiro atoms. The number of carbonyl (C=O) groups is 1. The van der Waals surface area contributed by atoms with Gasteiger partial charge < -0.3 is 19.5 Å². The second-order valence-electron chi connectivity index (χ2n) is 12.0. The highest BCUT2D eigenvalue weighted by Gasteiger charge is 2.35. The maximum Gasteiger partial charge on any atom is 0.348 e. The Morgan fingerprint density at radius 3 is 2.39 bits per heavy atom. The van der Waals surface area contributed by atoms with Crippen LogP contribution in [0.5, 0.6) is 0 Å². The van der Waals surface area contributed by atoms with Crippen molar-refractivity contribution in [3.8, 4) is 11.8 Å². The third kappa shape index (κ3) is 6.94. The molecule has 1 atom stereocenters. The summed E-state index contributed by atoms with van der Waals surface area (Å²) in [6.07, 6.45) is 10.0. The second kappa shape index (κ2) is 11.7. The summed E-state index contributed by atoms with van der Waals surface area (Å²) in [6.45, 7) is 14.7. The first-order valence-corrected chi connectivity index (χ1v) is 14.5. The molecule has 1 N–H and O–H groups in total. The van der Waals surface area contributed by atoms with Crippen molar-refractivity contribution in [2.24, 2.45) is 17.3 Å². The highest BCUT2D eigenvalue weighted by Crippen LogP contribution is 2.42. The Bertz CT molecular complexity index is 975. The quantitative estimate of drug-likeness (QED) is 0.394. The second-order valence-corrected chi connectivity index (χ2v) is 13.1. The molecule has 2 saturated carbocycles. The van der Waals surface area contributed by atoms with Crippen molar-refractivity contribution in [3.63, 3.8) is 0 Å². The maximum absolute atomic E-state index is 12.4. The van der Waals surface area contributed by atoms with E-state index in [1.165, 1.54) is 24.2 Å². The topological polar surface area (TPSA) is 59.0 Å². The van der Waals surface area contributed by atoms with Crippen LogP contribution in [0.4, 0.5) is 5.69 Å². The van der Waals surface area contributed by atoms with Crippen molar-refractivity contribution < 1.29 is 19.4 Å². The molecule has 0 aromatic carbocycles. The van der Waals surface area contributed by atoms with Gasteiger partial charge in [-0.15, -0.1) is 11.3 Å². The van der Waals surface area contributed by atoms with Crippen LogP contribution in [0.1, 0.15) is 100 Å². The minimum absolute atomic E-state index is 0.141. The van der Waals surface area contributed by atoms with Crippen LogP contribution in [0.2, 0.25) is 0 Å². The SMILES string of the molecule is C=C([C@H]1CC[C@H](C)CC1)N(c1cc(C#CC(C)(C)C)sc1C(=O)O)[C@H]1CC[C@H](OC2CCOC2)CC1. The lowest BCUT2D eigenvalue weighted by Gasteiger charge is -2.42. The summed E-state index contributed by atoms with van der Waals surface area (Å²) < 4.78 is 11.8. The molecule has 0 radical (unpaired) electrons. The van der Waals surface area contributed by atoms with E-state index >= 15 is 0 Å². The number of anilines is 1. The number of carboxylic acid groups (broad SMARTS) is 1. The molecule has 3 fully saturated rings. The molecule has 0 bridgehead atoms. The highest BCUT2D eigenvalue weighted by atomic mass is 32.1. The average Bonchev–Trinajstić information content (AvgIpc) is 3.49. The smallest absolute Gasteiger partial charge is 0.348 e. The molecular formula is C30H43NO4S. The van der Waals surface area contributed by atoms with E-state index in [4.69, 9.17) is 9.47 Å². The Hall–Kier alpha value is -1.81. The first-order valence-electron chi connectivity index (χ1n) is 13.7. The molecule has 6 heteroatoms. The molecule has 1 saturated heterocycles. The standard InChI is InChI=1S/C30H43NO4S/c1-20-6-8-22(9-7-20)21(2)31(23-10-12-24(13-11-23)35-25-15-17-34-19-25)27-18-26(14-16-30(3,4)5)36-28(27)29(32)33/h18,20,22-25H,2,6-13,15,17,19H2,1,3-5H3,(H,32,33)/t20-,22-,23-,24-,25?. The number of thiophene rings is 1. The van der Waals surface area contributed by atoms with Gasteiger partial charge in [-0.1, -0.05) is 38.2 Å². The zero-order chi connectivity index (χ0) is 25.9. The lowest BCUT2D eigenvalue weighted by Crippen LogP contribution is -2.42. The van der Waals surface area contributed by atoms with E-state index < -0.39 is 5.97 Å². The first kappa shape index (κ1) is 27.2. The van der Waals surface area contributed by atoms with Crippen LogP contribution >= 0.6 is 11.3 Å². The largest absolute Gasteiger partial charge is 0.477 e. The van der Waals surface area contributed by atoms with Gasteiger partial charge in [0, 0.05) is 23.8 Å². The van der Waals surface area contributed by atoms with E-state index in [-0.39, 0.29) is 23.7 Å². The summed E-state index contributed by atoms with van der Waals surface area (Å²) in [6, 6.07) is 2.23. The van der Waals surface area contributed by atoms with Gasteiger partial charge in [-0.2, -0.15) is 0 Å². The summed E-state index contributed by atoms with van der Waals surface area (Å²) >= 11 is 1.29. The van der Waals surface area contributed by atoms with Gasteiger partial charge in [-0.3, -0.25) is 0 Å². The van der Waals surface area contributed by atoms with Crippen molar-refractivity contribution in [1.29, 1.82) is 0 Å². The minimum Gasteiger partial charge on any atom is -0.477 e. The van der Waals surface area contributed by atoms with Gasteiger partial charge in [0.25, 0.3) is 0 Å². The minimum atomic E-state index is -0.882. The fraction of sp³-hybridized carbons (Fsp3) is 0.700. The number of carboxylic acids is 1. The molecule has 1 aliphatic heterocycles. The highest BCUT2D eigenvalue weighted by molar-refractivity contribution is 7.15. The summed E-state index contributed by atoms with van der Waals surface area (Å²) in [7, 11) is 0. The van der Waals surface area contributed by atoms with Gasteiger partial charge >= 0.3 is 5.97 Å². The Labute approximate surface area is 221 Å². The zero-order valence-corrected chi connectivity index (χ0v) is 23.3. The fourth-order valence-electron chi connectivity index (χ4n) is 5.73. The summed E-state index contributed by atoms with van der Waals surface area (Å²) in [5.41, 5.74) is 1.73. The van der Waals surface area contributed by atoms with Gasteiger partial charge in [-0.05, 0) is 83.6 Å². The molecule has 1 aromatic heterocycles. The molecule has 5 nitrogen and oxygen atoms in total. The number of hydrogen-bond donors (Lipinski definition) is 1. The molecule has 36 heavy (non-hydrogen) atoms. The van der Waals surface area contributed by atoms with Crippen molar-refractivity contribution in [3.05, 3.63) is 28.1 Å². The van der Waals surface area contributed by atoms with E-state index in [1.54, 1.807) is 0 Å². The van der Waals surface area contributed by atoms with Crippen molar-refractivity contribution >= 4 is 23.0 Å². The molecule has 2 aliphatic carbocycles. The van der Waals surface area contributed by atoms with E-state index in [0.29, 0.717) is 17.4 Å². The molecule has 1 unspecified atom stereocenters. The number of ether oxygens (including phenoxy) is 2. The summed E-state index contributed by atoms with van der Waals surface area (Å²) in [5, 5.41) is 10.2. The first-order chi connectivity index (χ1) is 17.1. The van der Waals surface area contributed by atoms with Crippen LogP contribution in [-0.2, 0) is 9.47 Å². The van der Waals surface area contributed by atoms with E-state index in [0.717, 1.165) is 73.7 Å². The van der Waals surface area contributed by atoms with Crippen LogP contribution in [-0.4, -0.2) is 42.5 Å². The van der Waals surface area contributed by atoms with E-state index in [1.807, 2.05) is 6.07 Å². The number of aromatic carboxylic acids is 1. The Morgan fingerprint density at radius 1 is 1.11 bits per heavy atom. The van der Waals surface area contributed by atoms with Gasteiger partial charge in [0.05, 0.1) is 29.4 Å². The third-order valence-electron chi connectivity index (χ3n) is 7.81. The van der Waals surface area contributed by atoms with Crippen LogP contribution < -0.4 is 4.90 Å². The maximum atomic E-state index is 12.4. The molecule has 0 amide bonds. The van der Waals surface area contributed by atoms with Gasteiger partial charge in [0.2, 0.25) is 0 Å². The van der Waals surface area contributed by atoms with E-state index in [2.05, 4.69) is 51.0 Å². The van der Waals surface area contributed by atoms with Gasteiger partial charge in [0.1, 0.15) is 4.88 Å². The van der Waals surface area contributed by atoms with Crippen molar-refractivity contribution in [2.45, 2.75) is 104 Å². The third-order valence-corrected chi connectivity index (χ3v) is 8.83. The van der Waals surface area contributed by atoms with Crippen LogP contribution in [0, 0.1) is 29.1 Å². The number of hydrogen-bond acceptors (Lipinski definition) is 5. The number of rotatable bonds is 7. The van der Waals surface area contributed by atoms with Crippen molar-refractivity contribution in [2.75, 3.05) is 18.1 Å².